The second kappa shape index (κ2) is 28.8. The van der Waals surface area contributed by atoms with Crippen LogP contribution in [-0.4, -0.2) is 67.1 Å². The molecule has 292 valence electrons. The first-order chi connectivity index (χ1) is 31.2. The van der Waals surface area contributed by atoms with Crippen LogP contribution in [-0.2, 0) is 28.8 Å². The van der Waals surface area contributed by atoms with Gasteiger partial charge in [0.15, 0.2) is 5.82 Å². The van der Waals surface area contributed by atoms with Crippen molar-refractivity contribution in [3.05, 3.63) is 258 Å². The highest BCUT2D eigenvalue weighted by atomic mass is 16.2. The van der Waals surface area contributed by atoms with Gasteiger partial charge in [-0.3, -0.25) is 48.4 Å². The Hall–Kier alpha value is -11.6. The van der Waals surface area contributed by atoms with Crippen LogP contribution in [0, 0.1) is 0 Å². The van der Waals surface area contributed by atoms with E-state index in [1.54, 1.807) is 0 Å². The molecule has 2 heterocycles. The van der Waals surface area contributed by atoms with Crippen LogP contribution >= 0.6 is 0 Å². The SMILES string of the molecule is C=C=C=C=C=C=C=C=C=C=C=C=C=C=C=C=C=C=C=C=C=C=C=C=C=C=C=C=C=C=C=C=C=C=C=C(N(C(=O)C=C)C1CC(=O)N(C=C)C1=O)N(C(=O)C=C)C1CC(=O)N(C=C)C1=O. The number of carbonyl (C=O) groups is 6. The van der Waals surface area contributed by atoms with E-state index in [4.69, 9.17) is 0 Å². The van der Waals surface area contributed by atoms with Crippen LogP contribution in [0.1, 0.15) is 12.8 Å². The highest BCUT2D eigenvalue weighted by Gasteiger charge is 2.49. The van der Waals surface area contributed by atoms with Gasteiger partial charge in [-0.05, 0) is 116 Å². The number of hydrogen-bond acceptors (Lipinski definition) is 6. The zero-order valence-electron chi connectivity index (χ0n) is 33.2. The fraction of sp³-hybridized carbons (Fsp3) is 0.0741. The number of rotatable bonds is 8. The van der Waals surface area contributed by atoms with Gasteiger partial charge < -0.3 is 0 Å². The van der Waals surface area contributed by atoms with Crippen molar-refractivity contribution in [1.82, 2.24) is 19.6 Å². The summed E-state index contributed by atoms with van der Waals surface area (Å²) in [6.07, 6.45) is 2.50. The van der Waals surface area contributed by atoms with Gasteiger partial charge in [-0.2, -0.15) is 0 Å². The first kappa shape index (κ1) is 48.6. The Morgan fingerprint density at radius 3 is 0.859 bits per heavy atom. The summed E-state index contributed by atoms with van der Waals surface area (Å²) in [6.45, 7) is 17.1. The molecule has 0 radical (unpaired) electrons. The minimum atomic E-state index is -1.53. The minimum Gasteiger partial charge on any atom is -0.274 e. The second-order valence-corrected chi connectivity index (χ2v) is 10.5. The third-order valence-corrected chi connectivity index (χ3v) is 6.79. The molecular weight excluding hydrogens is 801 g/mol. The predicted molar refractivity (Wildman–Crippen MR) is 224 cm³/mol. The zero-order chi connectivity index (χ0) is 46.8. The van der Waals surface area contributed by atoms with Gasteiger partial charge in [0.25, 0.3) is 23.6 Å². The van der Waals surface area contributed by atoms with Crippen LogP contribution in [0.25, 0.3) is 0 Å². The molecule has 0 aliphatic carbocycles. The molecule has 0 saturated carbocycles. The molecule has 0 N–H and O–H groups in total. The Morgan fingerprint density at radius 1 is 0.422 bits per heavy atom. The van der Waals surface area contributed by atoms with E-state index in [2.05, 4.69) is 228 Å². The number of nitrogens with zero attached hydrogens (tertiary/aromatic N) is 4. The molecule has 2 fully saturated rings. The maximum Gasteiger partial charge on any atom is 0.257 e. The fourth-order valence-corrected chi connectivity index (χ4v) is 4.37. The van der Waals surface area contributed by atoms with Gasteiger partial charge in [0, 0.05) is 104 Å². The number of amides is 6. The smallest absolute Gasteiger partial charge is 0.257 e. The Morgan fingerprint density at radius 2 is 0.656 bits per heavy atom. The third kappa shape index (κ3) is 16.1. The maximum absolute atomic E-state index is 13.3. The van der Waals surface area contributed by atoms with E-state index >= 15 is 0 Å². The van der Waals surface area contributed by atoms with Crippen molar-refractivity contribution >= 4 is 35.4 Å². The van der Waals surface area contributed by atoms with Crippen LogP contribution in [0.5, 0.6) is 0 Å². The maximum atomic E-state index is 13.3. The van der Waals surface area contributed by atoms with Gasteiger partial charge in [0.05, 0.1) is 12.8 Å². The topological polar surface area (TPSA) is 115 Å². The van der Waals surface area contributed by atoms with Gasteiger partial charge in [-0.15, -0.1) is 0 Å². The molecule has 0 aromatic rings. The van der Waals surface area contributed by atoms with E-state index in [1.807, 2.05) is 0 Å². The summed E-state index contributed by atoms with van der Waals surface area (Å²) in [7, 11) is 0. The summed E-state index contributed by atoms with van der Waals surface area (Å²) in [5.74, 6) is -5.65. The van der Waals surface area contributed by atoms with Gasteiger partial charge in [-0.1, -0.05) is 32.0 Å². The normalized spacial score (nSPS) is 11.9. The third-order valence-electron chi connectivity index (χ3n) is 6.79. The van der Waals surface area contributed by atoms with Gasteiger partial charge in [0.2, 0.25) is 11.8 Å². The molecule has 10 nitrogen and oxygen atoms in total. The summed E-state index contributed by atoms with van der Waals surface area (Å²) in [4.78, 5) is 81.0. The van der Waals surface area contributed by atoms with E-state index in [0.29, 0.717) is 9.80 Å². The summed E-state index contributed by atoms with van der Waals surface area (Å²) in [5, 5.41) is 0. The lowest BCUT2D eigenvalue weighted by atomic mass is 10.1. The van der Waals surface area contributed by atoms with E-state index in [9.17, 15) is 28.8 Å². The standard InChI is InChI=1S/C54H20N4O6/c1-6-11-12-13-14-15-16-17-18-19-20-21-22-23-24-25-26-27-28-29-30-31-32-33-34-35-36-37-38-39-40-41-42-43-48(57(49(59)7-2)46-44-51(61)55(9-4)53(46)63)58(50(60)8-3)47-45-52(62)56(10-5)54(47)64/h7-10,46-47H,1-5,44-45H2. The highest BCUT2D eigenvalue weighted by molar-refractivity contribution is 6.10. The van der Waals surface area contributed by atoms with Crippen LogP contribution in [0.4, 0.5) is 0 Å². The van der Waals surface area contributed by atoms with Crippen LogP contribution in [0.3, 0.4) is 0 Å². The average Bonchev–Trinajstić information content (AvgIpc) is 3.74. The molecule has 64 heavy (non-hydrogen) atoms. The van der Waals surface area contributed by atoms with E-state index < -0.39 is 66.2 Å². The monoisotopic (exact) mass is 820 g/mol. The Kier molecular flexibility index (Phi) is 21.8. The molecule has 6 amide bonds. The van der Waals surface area contributed by atoms with Crippen molar-refractivity contribution in [1.29, 1.82) is 0 Å². The fourth-order valence-electron chi connectivity index (χ4n) is 4.37. The van der Waals surface area contributed by atoms with Gasteiger partial charge >= 0.3 is 0 Å². The van der Waals surface area contributed by atoms with Crippen molar-refractivity contribution < 1.29 is 28.8 Å². The molecule has 0 aromatic heterocycles. The van der Waals surface area contributed by atoms with Crippen LogP contribution in [0.15, 0.2) is 258 Å². The Labute approximate surface area is 365 Å². The molecule has 10 heteroatoms. The summed E-state index contributed by atoms with van der Waals surface area (Å²) < 4.78 is 0. The lowest BCUT2D eigenvalue weighted by Gasteiger charge is -2.35. The molecular formula is C54H20N4O6. The first-order valence-electron chi connectivity index (χ1n) is 17.2. The number of imide groups is 2. The van der Waals surface area contributed by atoms with E-state index in [-0.39, 0.29) is 0 Å². The first-order valence-corrected chi connectivity index (χ1v) is 17.2. The van der Waals surface area contributed by atoms with Crippen LogP contribution < -0.4 is 0 Å². The molecule has 2 saturated heterocycles. The molecule has 0 aromatic carbocycles. The quantitative estimate of drug-likeness (QED) is 0.187. The molecule has 0 spiro atoms. The zero-order valence-corrected chi connectivity index (χ0v) is 33.2. The molecule has 2 rings (SSSR count). The highest BCUT2D eigenvalue weighted by Crippen LogP contribution is 2.29. The minimum absolute atomic E-state index is 0.529. The second-order valence-electron chi connectivity index (χ2n) is 10.5. The van der Waals surface area contributed by atoms with Crippen molar-refractivity contribution in [2.45, 2.75) is 24.9 Å². The number of carbonyl (C=O) groups excluding carboxylic acids is 6. The summed E-state index contributed by atoms with van der Waals surface area (Å²) >= 11 is 0. The largest absolute Gasteiger partial charge is 0.274 e. The van der Waals surface area contributed by atoms with Crippen molar-refractivity contribution in [2.75, 3.05) is 0 Å². The summed E-state index contributed by atoms with van der Waals surface area (Å²) in [5.41, 5.74) is 83.5. The van der Waals surface area contributed by atoms with Crippen molar-refractivity contribution in [3.63, 3.8) is 0 Å². The lowest BCUT2D eigenvalue weighted by molar-refractivity contribution is -0.143. The Balaban J connectivity index is 2.67. The lowest BCUT2D eigenvalue weighted by Crippen LogP contribution is -2.52. The number of hydrogen-bond donors (Lipinski definition) is 0. The molecule has 2 atom stereocenters. The Bertz CT molecular complexity index is 3540. The molecule has 0 bridgehead atoms. The average molecular weight is 821 g/mol. The molecule has 2 aliphatic rings. The molecule has 2 aliphatic heterocycles. The van der Waals surface area contributed by atoms with Crippen molar-refractivity contribution in [2.24, 2.45) is 0 Å². The van der Waals surface area contributed by atoms with E-state index in [1.165, 1.54) is 0 Å². The molecule has 2 unspecified atom stereocenters. The van der Waals surface area contributed by atoms with Gasteiger partial charge in [-0.25, -0.2) is 0 Å². The van der Waals surface area contributed by atoms with Crippen molar-refractivity contribution in [3.8, 4) is 0 Å². The summed E-state index contributed by atoms with van der Waals surface area (Å²) in [6, 6.07) is -3.07. The number of likely N-dealkylation sites (tertiary alicyclic amines) is 2. The van der Waals surface area contributed by atoms with Crippen LogP contribution in [0.2, 0.25) is 0 Å². The van der Waals surface area contributed by atoms with Gasteiger partial charge in [0.1, 0.15) is 12.1 Å². The van der Waals surface area contributed by atoms with E-state index in [0.717, 1.165) is 34.4 Å². The predicted octanol–water partition coefficient (Wildman–Crippen LogP) is 5.30.